The Morgan fingerprint density at radius 3 is 2.72 bits per heavy atom. The molecule has 0 unspecified atom stereocenters. The molecule has 29 heavy (non-hydrogen) atoms. The van der Waals surface area contributed by atoms with E-state index in [9.17, 15) is 14.9 Å². The third-order valence-electron chi connectivity index (χ3n) is 4.09. The number of nitrogens with zero attached hydrogens (tertiary/aromatic N) is 1. The summed E-state index contributed by atoms with van der Waals surface area (Å²) in [6.45, 7) is 2.04. The summed E-state index contributed by atoms with van der Waals surface area (Å²) in [6.07, 6.45) is 0.820. The van der Waals surface area contributed by atoms with Gasteiger partial charge in [0.1, 0.15) is 5.76 Å². The number of non-ortho nitro benzene ring substituents is 1. The predicted octanol–water partition coefficient (Wildman–Crippen LogP) is 5.15. The molecule has 0 aliphatic rings. The number of furan rings is 1. The molecule has 2 aromatic carbocycles. The van der Waals surface area contributed by atoms with E-state index in [2.05, 4.69) is 33.2 Å². The first-order valence-corrected chi connectivity index (χ1v) is 10.1. The molecule has 1 amide bonds. The van der Waals surface area contributed by atoms with Gasteiger partial charge in [0.2, 0.25) is 0 Å². The Morgan fingerprint density at radius 2 is 2.00 bits per heavy atom. The Morgan fingerprint density at radius 1 is 1.21 bits per heavy atom. The number of nitro benzene ring substituents is 1. The Labute approximate surface area is 185 Å². The van der Waals surface area contributed by atoms with Gasteiger partial charge in [-0.2, -0.15) is 0 Å². The van der Waals surface area contributed by atoms with Crippen molar-refractivity contribution in [3.8, 4) is 11.3 Å². The monoisotopic (exact) mass is 521 g/mol. The van der Waals surface area contributed by atoms with Crippen molar-refractivity contribution < 1.29 is 14.1 Å². The standard InChI is InChI=1S/C20H16IN3O4S/c1-2-12-10-14(21)6-7-16(12)22-20(29)23-19(25)18-9-8-17(28-18)13-4-3-5-15(11-13)24(26)27/h3-11H,2H2,1H3,(H2,22,23,25,29). The summed E-state index contributed by atoms with van der Waals surface area (Å²) in [5.41, 5.74) is 2.36. The lowest BCUT2D eigenvalue weighted by Crippen LogP contribution is -2.34. The van der Waals surface area contributed by atoms with E-state index in [0.717, 1.165) is 21.2 Å². The van der Waals surface area contributed by atoms with Gasteiger partial charge in [0, 0.05) is 27.0 Å². The highest BCUT2D eigenvalue weighted by atomic mass is 127. The average Bonchev–Trinajstić information content (AvgIpc) is 3.20. The maximum absolute atomic E-state index is 12.4. The molecule has 0 fully saturated rings. The van der Waals surface area contributed by atoms with Crippen molar-refractivity contribution in [3.63, 3.8) is 0 Å². The molecule has 148 valence electrons. The number of aryl methyl sites for hydroxylation is 1. The summed E-state index contributed by atoms with van der Waals surface area (Å²) in [5, 5.41) is 16.7. The number of thiocarbonyl (C=S) groups is 1. The van der Waals surface area contributed by atoms with Gasteiger partial charge in [0.15, 0.2) is 10.9 Å². The van der Waals surface area contributed by atoms with E-state index in [0.29, 0.717) is 11.3 Å². The lowest BCUT2D eigenvalue weighted by molar-refractivity contribution is -0.384. The van der Waals surface area contributed by atoms with Gasteiger partial charge in [-0.25, -0.2) is 0 Å². The first-order chi connectivity index (χ1) is 13.9. The van der Waals surface area contributed by atoms with E-state index < -0.39 is 10.8 Å². The van der Waals surface area contributed by atoms with Gasteiger partial charge in [0.25, 0.3) is 11.6 Å². The second kappa shape index (κ2) is 9.14. The largest absolute Gasteiger partial charge is 0.451 e. The summed E-state index contributed by atoms with van der Waals surface area (Å²) >= 11 is 7.48. The van der Waals surface area contributed by atoms with Crippen LogP contribution in [0.2, 0.25) is 0 Å². The van der Waals surface area contributed by atoms with E-state index >= 15 is 0 Å². The van der Waals surface area contributed by atoms with Crippen molar-refractivity contribution in [2.45, 2.75) is 13.3 Å². The zero-order chi connectivity index (χ0) is 21.0. The van der Waals surface area contributed by atoms with Gasteiger partial charge in [0.05, 0.1) is 4.92 Å². The van der Waals surface area contributed by atoms with Crippen molar-refractivity contribution in [3.05, 3.63) is 79.6 Å². The fourth-order valence-corrected chi connectivity index (χ4v) is 3.44. The zero-order valence-corrected chi connectivity index (χ0v) is 18.2. The molecule has 1 aromatic heterocycles. The Hall–Kier alpha value is -2.79. The van der Waals surface area contributed by atoms with E-state index in [1.807, 2.05) is 25.1 Å². The molecular weight excluding hydrogens is 505 g/mol. The second-order valence-electron chi connectivity index (χ2n) is 6.03. The number of hydrogen-bond acceptors (Lipinski definition) is 5. The van der Waals surface area contributed by atoms with Crippen LogP contribution in [0.4, 0.5) is 11.4 Å². The van der Waals surface area contributed by atoms with E-state index in [1.54, 1.807) is 18.2 Å². The lowest BCUT2D eigenvalue weighted by atomic mass is 10.1. The van der Waals surface area contributed by atoms with Gasteiger partial charge in [-0.1, -0.05) is 19.1 Å². The van der Waals surface area contributed by atoms with Crippen LogP contribution in [0.1, 0.15) is 23.0 Å². The minimum absolute atomic E-state index is 0.0500. The third-order valence-corrected chi connectivity index (χ3v) is 4.97. The number of rotatable bonds is 5. The van der Waals surface area contributed by atoms with Crippen LogP contribution < -0.4 is 10.6 Å². The normalized spacial score (nSPS) is 10.4. The van der Waals surface area contributed by atoms with Crippen LogP contribution in [0.5, 0.6) is 0 Å². The summed E-state index contributed by atoms with van der Waals surface area (Å²) in [7, 11) is 0. The highest BCUT2D eigenvalue weighted by molar-refractivity contribution is 14.1. The van der Waals surface area contributed by atoms with Crippen LogP contribution in [-0.4, -0.2) is 15.9 Å². The smallest absolute Gasteiger partial charge is 0.293 e. The summed E-state index contributed by atoms with van der Waals surface area (Å²) in [4.78, 5) is 22.9. The summed E-state index contributed by atoms with van der Waals surface area (Å²) < 4.78 is 6.67. The number of amides is 1. The SMILES string of the molecule is CCc1cc(I)ccc1NC(=S)NC(=O)c1ccc(-c2cccc([N+](=O)[O-])c2)o1. The fraction of sp³-hybridized carbons (Fsp3) is 0.100. The number of benzene rings is 2. The topological polar surface area (TPSA) is 97.4 Å². The number of hydrogen-bond donors (Lipinski definition) is 2. The van der Waals surface area contributed by atoms with Gasteiger partial charge in [-0.15, -0.1) is 0 Å². The van der Waals surface area contributed by atoms with Crippen molar-refractivity contribution in [2.75, 3.05) is 5.32 Å². The second-order valence-corrected chi connectivity index (χ2v) is 7.69. The Balaban J connectivity index is 1.70. The molecule has 1 heterocycles. The van der Waals surface area contributed by atoms with Gasteiger partial charge in [-0.05, 0) is 77.1 Å². The number of nitro groups is 1. The number of carbonyl (C=O) groups is 1. The number of halogens is 1. The molecule has 0 aliphatic carbocycles. The molecule has 0 spiro atoms. The highest BCUT2D eigenvalue weighted by Crippen LogP contribution is 2.26. The van der Waals surface area contributed by atoms with Crippen LogP contribution in [0.25, 0.3) is 11.3 Å². The Bertz CT molecular complexity index is 1100. The molecular formula is C20H16IN3O4S. The fourth-order valence-electron chi connectivity index (χ4n) is 2.68. The highest BCUT2D eigenvalue weighted by Gasteiger charge is 2.16. The summed E-state index contributed by atoms with van der Waals surface area (Å²) in [5.74, 6) is -0.111. The van der Waals surface area contributed by atoms with Crippen LogP contribution >= 0.6 is 34.8 Å². The zero-order valence-electron chi connectivity index (χ0n) is 15.3. The maximum Gasteiger partial charge on any atom is 0.293 e. The lowest BCUT2D eigenvalue weighted by Gasteiger charge is -2.12. The third kappa shape index (κ3) is 5.18. The molecule has 0 saturated heterocycles. The summed E-state index contributed by atoms with van der Waals surface area (Å²) in [6, 6.07) is 15.0. The molecule has 2 N–H and O–H groups in total. The van der Waals surface area contributed by atoms with Crippen LogP contribution in [0, 0.1) is 13.7 Å². The van der Waals surface area contributed by atoms with Crippen LogP contribution in [-0.2, 0) is 6.42 Å². The number of anilines is 1. The maximum atomic E-state index is 12.4. The molecule has 3 rings (SSSR count). The van der Waals surface area contributed by atoms with Crippen molar-refractivity contribution in [1.82, 2.24) is 5.32 Å². The van der Waals surface area contributed by atoms with Crippen molar-refractivity contribution in [2.24, 2.45) is 0 Å². The molecule has 0 radical (unpaired) electrons. The number of nitrogens with one attached hydrogen (secondary N) is 2. The molecule has 0 bridgehead atoms. The molecule has 0 saturated carbocycles. The minimum Gasteiger partial charge on any atom is -0.451 e. The van der Waals surface area contributed by atoms with E-state index in [1.165, 1.54) is 18.2 Å². The average molecular weight is 521 g/mol. The van der Waals surface area contributed by atoms with E-state index in [-0.39, 0.29) is 16.6 Å². The quantitative estimate of drug-likeness (QED) is 0.209. The minimum atomic E-state index is -0.511. The molecule has 9 heteroatoms. The van der Waals surface area contributed by atoms with Crippen LogP contribution in [0.15, 0.2) is 59.0 Å². The number of carbonyl (C=O) groups excluding carboxylic acids is 1. The predicted molar refractivity (Wildman–Crippen MR) is 123 cm³/mol. The molecule has 7 nitrogen and oxygen atoms in total. The van der Waals surface area contributed by atoms with E-state index in [4.69, 9.17) is 16.6 Å². The molecule has 0 aliphatic heterocycles. The van der Waals surface area contributed by atoms with Gasteiger partial charge < -0.3 is 9.73 Å². The first-order valence-electron chi connectivity index (χ1n) is 8.62. The molecule has 3 aromatic rings. The van der Waals surface area contributed by atoms with Crippen molar-refractivity contribution >= 4 is 57.2 Å². The van der Waals surface area contributed by atoms with Gasteiger partial charge in [-0.3, -0.25) is 20.2 Å². The first kappa shape index (κ1) is 20.9. The van der Waals surface area contributed by atoms with Gasteiger partial charge >= 0.3 is 0 Å². The van der Waals surface area contributed by atoms with Crippen LogP contribution in [0.3, 0.4) is 0 Å². The Kier molecular flexibility index (Phi) is 6.60. The molecule has 0 atom stereocenters. The van der Waals surface area contributed by atoms with Crippen molar-refractivity contribution in [1.29, 1.82) is 0 Å².